The standard InChI is InChI=1S/C33H38FN3O/c34-32-30(17-16-27-24-37(33(38)31(27)32)28-14-8-3-9-15-28)36-22-20-35(21-23-36)19-18-29(25-10-4-1-5-11-25)26-12-6-2-7-13-26/h1-2,4-7,10-13,16-17,28-29H,3,8-9,14-15,18-24H2. The molecule has 6 rings (SSSR count). The van der Waals surface area contributed by atoms with Gasteiger partial charge in [-0.25, -0.2) is 4.39 Å². The third-order valence-electron chi connectivity index (χ3n) is 8.89. The number of halogens is 1. The fourth-order valence-corrected chi connectivity index (χ4v) is 6.72. The molecular weight excluding hydrogens is 473 g/mol. The lowest BCUT2D eigenvalue weighted by Crippen LogP contribution is -2.47. The molecule has 0 unspecified atom stereocenters. The molecule has 38 heavy (non-hydrogen) atoms. The third-order valence-corrected chi connectivity index (χ3v) is 8.89. The normalized spacial score (nSPS) is 18.8. The van der Waals surface area contributed by atoms with E-state index < -0.39 is 0 Å². The van der Waals surface area contributed by atoms with E-state index in [-0.39, 0.29) is 17.8 Å². The molecule has 0 bridgehead atoms. The Kier molecular flexibility index (Phi) is 7.46. The molecule has 198 valence electrons. The lowest BCUT2D eigenvalue weighted by Gasteiger charge is -2.37. The van der Waals surface area contributed by atoms with E-state index in [4.69, 9.17) is 0 Å². The number of anilines is 1. The molecule has 0 spiro atoms. The van der Waals surface area contributed by atoms with Crippen LogP contribution in [0.2, 0.25) is 0 Å². The zero-order valence-corrected chi connectivity index (χ0v) is 22.2. The number of hydrogen-bond donors (Lipinski definition) is 0. The van der Waals surface area contributed by atoms with Gasteiger partial charge >= 0.3 is 0 Å². The van der Waals surface area contributed by atoms with Gasteiger partial charge in [0.25, 0.3) is 5.91 Å². The number of fused-ring (bicyclic) bond motifs is 1. The van der Waals surface area contributed by atoms with Gasteiger partial charge in [-0.3, -0.25) is 9.69 Å². The Morgan fingerprint density at radius 3 is 2.05 bits per heavy atom. The second-order valence-electron chi connectivity index (χ2n) is 11.1. The number of carbonyl (C=O) groups excluding carboxylic acids is 1. The molecule has 1 amide bonds. The molecule has 2 fully saturated rings. The highest BCUT2D eigenvalue weighted by Gasteiger charge is 2.37. The van der Waals surface area contributed by atoms with Crippen molar-refractivity contribution < 1.29 is 9.18 Å². The molecule has 0 N–H and O–H groups in total. The molecule has 5 heteroatoms. The van der Waals surface area contributed by atoms with Crippen LogP contribution in [0.3, 0.4) is 0 Å². The van der Waals surface area contributed by atoms with E-state index in [9.17, 15) is 4.79 Å². The molecule has 3 aromatic rings. The van der Waals surface area contributed by atoms with Crippen molar-refractivity contribution in [3.8, 4) is 0 Å². The molecule has 4 nitrogen and oxygen atoms in total. The Bertz CT molecular complexity index is 1190. The first-order chi connectivity index (χ1) is 18.7. The van der Waals surface area contributed by atoms with Gasteiger partial charge in [-0.15, -0.1) is 0 Å². The van der Waals surface area contributed by atoms with Gasteiger partial charge in [0.15, 0.2) is 5.82 Å². The average Bonchev–Trinajstić information content (AvgIpc) is 3.32. The van der Waals surface area contributed by atoms with Crippen molar-refractivity contribution in [1.82, 2.24) is 9.80 Å². The lowest BCUT2D eigenvalue weighted by molar-refractivity contribution is 0.0657. The van der Waals surface area contributed by atoms with Crippen molar-refractivity contribution >= 4 is 11.6 Å². The quantitative estimate of drug-likeness (QED) is 0.364. The summed E-state index contributed by atoms with van der Waals surface area (Å²) in [5.74, 6) is -0.0482. The van der Waals surface area contributed by atoms with E-state index in [1.165, 1.54) is 30.4 Å². The maximum Gasteiger partial charge on any atom is 0.257 e. The number of rotatable bonds is 7. The highest BCUT2D eigenvalue weighted by Crippen LogP contribution is 2.36. The molecule has 0 atom stereocenters. The van der Waals surface area contributed by atoms with Gasteiger partial charge < -0.3 is 9.80 Å². The highest BCUT2D eigenvalue weighted by atomic mass is 19.1. The Morgan fingerprint density at radius 1 is 0.789 bits per heavy atom. The molecular formula is C33H38FN3O. The maximum atomic E-state index is 15.8. The maximum absolute atomic E-state index is 15.8. The minimum absolute atomic E-state index is 0.0993. The summed E-state index contributed by atoms with van der Waals surface area (Å²) >= 11 is 0. The largest absolute Gasteiger partial charge is 0.367 e. The topological polar surface area (TPSA) is 26.8 Å². The molecule has 2 heterocycles. The minimum atomic E-state index is -0.313. The third kappa shape index (κ3) is 5.09. The predicted octanol–water partition coefficient (Wildman–Crippen LogP) is 6.46. The summed E-state index contributed by atoms with van der Waals surface area (Å²) in [6.45, 7) is 4.91. The molecule has 1 saturated carbocycles. The summed E-state index contributed by atoms with van der Waals surface area (Å²) in [4.78, 5) is 19.8. The van der Waals surface area contributed by atoms with Gasteiger partial charge in [0.1, 0.15) is 0 Å². The lowest BCUT2D eigenvalue weighted by atomic mass is 9.88. The highest BCUT2D eigenvalue weighted by molar-refractivity contribution is 6.00. The van der Waals surface area contributed by atoms with Crippen LogP contribution >= 0.6 is 0 Å². The Balaban J connectivity index is 1.09. The zero-order chi connectivity index (χ0) is 25.9. The first-order valence-corrected chi connectivity index (χ1v) is 14.4. The van der Waals surface area contributed by atoms with Crippen molar-refractivity contribution in [2.45, 2.75) is 57.0 Å². The van der Waals surface area contributed by atoms with Crippen LogP contribution < -0.4 is 4.90 Å². The average molecular weight is 512 g/mol. The number of amides is 1. The van der Waals surface area contributed by atoms with Crippen molar-refractivity contribution in [2.75, 3.05) is 37.6 Å². The van der Waals surface area contributed by atoms with E-state index in [0.717, 1.165) is 57.5 Å². The number of nitrogens with zero attached hydrogens (tertiary/aromatic N) is 3. The van der Waals surface area contributed by atoms with E-state index in [1.807, 2.05) is 17.0 Å². The van der Waals surface area contributed by atoms with E-state index in [2.05, 4.69) is 70.5 Å². The van der Waals surface area contributed by atoms with Gasteiger partial charge in [0, 0.05) is 44.7 Å². The summed E-state index contributed by atoms with van der Waals surface area (Å²) in [5.41, 5.74) is 4.47. The van der Waals surface area contributed by atoms with Crippen LogP contribution in [-0.2, 0) is 6.54 Å². The molecule has 3 aromatic carbocycles. The molecule has 1 saturated heterocycles. The van der Waals surface area contributed by atoms with Crippen LogP contribution in [0.25, 0.3) is 0 Å². The Labute approximate surface area is 226 Å². The van der Waals surface area contributed by atoms with Crippen LogP contribution in [0.5, 0.6) is 0 Å². The predicted molar refractivity (Wildman–Crippen MR) is 151 cm³/mol. The van der Waals surface area contributed by atoms with Gasteiger partial charge in [-0.1, -0.05) is 86.0 Å². The Hall–Kier alpha value is -3.18. The van der Waals surface area contributed by atoms with Crippen LogP contribution in [0.4, 0.5) is 10.1 Å². The summed E-state index contributed by atoms with van der Waals surface area (Å²) in [7, 11) is 0. The van der Waals surface area contributed by atoms with Crippen molar-refractivity contribution in [1.29, 1.82) is 0 Å². The molecule has 1 aliphatic carbocycles. The van der Waals surface area contributed by atoms with Crippen molar-refractivity contribution in [3.05, 3.63) is 101 Å². The fourth-order valence-electron chi connectivity index (χ4n) is 6.72. The molecule has 0 aromatic heterocycles. The molecule has 3 aliphatic rings. The fraction of sp³-hybridized carbons (Fsp3) is 0.424. The molecule has 0 radical (unpaired) electrons. The van der Waals surface area contributed by atoms with Crippen LogP contribution in [0.15, 0.2) is 72.8 Å². The van der Waals surface area contributed by atoms with Gasteiger partial charge in [-0.2, -0.15) is 0 Å². The summed E-state index contributed by atoms with van der Waals surface area (Å²) in [5, 5.41) is 0. The molecule has 2 aliphatic heterocycles. The van der Waals surface area contributed by atoms with Crippen LogP contribution in [-0.4, -0.2) is 54.5 Å². The zero-order valence-electron chi connectivity index (χ0n) is 22.2. The first-order valence-electron chi connectivity index (χ1n) is 14.4. The smallest absolute Gasteiger partial charge is 0.257 e. The first kappa shape index (κ1) is 25.1. The van der Waals surface area contributed by atoms with Gasteiger partial charge in [-0.05, 0) is 48.6 Å². The summed E-state index contributed by atoms with van der Waals surface area (Å²) < 4.78 is 15.8. The number of hydrogen-bond acceptors (Lipinski definition) is 3. The van der Waals surface area contributed by atoms with Crippen molar-refractivity contribution in [3.63, 3.8) is 0 Å². The van der Waals surface area contributed by atoms with Gasteiger partial charge in [0.2, 0.25) is 0 Å². The number of carbonyl (C=O) groups is 1. The second kappa shape index (κ2) is 11.3. The SMILES string of the molecule is O=C1c2c(ccc(N3CCN(CCC(c4ccccc4)c4ccccc4)CC3)c2F)CN1C1CCCCC1. The summed E-state index contributed by atoms with van der Waals surface area (Å²) in [6.07, 6.45) is 6.72. The van der Waals surface area contributed by atoms with Gasteiger partial charge in [0.05, 0.1) is 11.3 Å². The second-order valence-corrected chi connectivity index (χ2v) is 11.1. The van der Waals surface area contributed by atoms with Crippen LogP contribution in [0.1, 0.15) is 71.5 Å². The number of piperazine rings is 1. The number of benzene rings is 3. The Morgan fingerprint density at radius 2 is 1.42 bits per heavy atom. The van der Waals surface area contributed by atoms with Crippen LogP contribution in [0, 0.1) is 5.82 Å². The van der Waals surface area contributed by atoms with E-state index in [0.29, 0.717) is 23.7 Å². The van der Waals surface area contributed by atoms with E-state index >= 15 is 4.39 Å². The minimum Gasteiger partial charge on any atom is -0.367 e. The monoisotopic (exact) mass is 511 g/mol. The summed E-state index contributed by atoms with van der Waals surface area (Å²) in [6, 6.07) is 25.7. The van der Waals surface area contributed by atoms with Crippen molar-refractivity contribution in [2.24, 2.45) is 0 Å². The van der Waals surface area contributed by atoms with E-state index in [1.54, 1.807) is 0 Å².